The Balaban J connectivity index is 1.44. The van der Waals surface area contributed by atoms with Crippen LogP contribution in [0, 0.1) is 6.92 Å². The second kappa shape index (κ2) is 9.49. The van der Waals surface area contributed by atoms with Crippen LogP contribution in [0.2, 0.25) is 0 Å². The Morgan fingerprint density at radius 2 is 1.38 bits per heavy atom. The van der Waals surface area contributed by atoms with E-state index in [0.29, 0.717) is 11.3 Å². The molecule has 0 heterocycles. The van der Waals surface area contributed by atoms with Crippen molar-refractivity contribution < 1.29 is 17.3 Å². The van der Waals surface area contributed by atoms with Gasteiger partial charge in [-0.1, -0.05) is 48.0 Å². The number of hydrogen-bond donors (Lipinski definition) is 0. The van der Waals surface area contributed by atoms with Gasteiger partial charge in [0.2, 0.25) is 0 Å². The minimum absolute atomic E-state index is 0.111. The maximum atomic E-state index is 12.5. The van der Waals surface area contributed by atoms with Gasteiger partial charge in [-0.3, -0.25) is 4.99 Å². The number of aryl methyl sites for hydroxylation is 1. The summed E-state index contributed by atoms with van der Waals surface area (Å²) in [5.41, 5.74) is 2.43. The third-order valence-corrected chi connectivity index (χ3v) is 5.81. The number of rotatable bonds is 7. The van der Waals surface area contributed by atoms with Crippen molar-refractivity contribution >= 4 is 22.0 Å². The van der Waals surface area contributed by atoms with Crippen LogP contribution >= 0.6 is 0 Å². The largest absolute Gasteiger partial charge is 0.457 e. The van der Waals surface area contributed by atoms with Gasteiger partial charge in [0.05, 0.1) is 5.69 Å². The molecule has 0 bridgehead atoms. The Labute approximate surface area is 187 Å². The zero-order chi connectivity index (χ0) is 22.4. The average Bonchev–Trinajstić information content (AvgIpc) is 2.80. The molecule has 0 aliphatic rings. The van der Waals surface area contributed by atoms with Crippen LogP contribution < -0.4 is 8.92 Å². The molecule has 0 amide bonds. The summed E-state index contributed by atoms with van der Waals surface area (Å²) in [4.78, 5) is 4.56. The van der Waals surface area contributed by atoms with E-state index in [9.17, 15) is 8.42 Å². The molecule has 32 heavy (non-hydrogen) atoms. The zero-order valence-corrected chi connectivity index (χ0v) is 18.2. The first-order chi connectivity index (χ1) is 15.5. The second-order valence-electron chi connectivity index (χ2n) is 7.09. The molecule has 4 aromatic carbocycles. The fraction of sp³-hybridized carbons (Fsp3) is 0.0385. The Kier molecular flexibility index (Phi) is 6.33. The number of benzene rings is 4. The van der Waals surface area contributed by atoms with E-state index in [-0.39, 0.29) is 10.6 Å². The molecule has 0 aromatic heterocycles. The smallest absolute Gasteiger partial charge is 0.339 e. The molecule has 0 N–H and O–H groups in total. The summed E-state index contributed by atoms with van der Waals surface area (Å²) in [6.07, 6.45) is 1.65. The van der Waals surface area contributed by atoms with E-state index < -0.39 is 10.1 Å². The summed E-state index contributed by atoms with van der Waals surface area (Å²) in [5.74, 6) is 1.70. The molecular formula is C26H21NO4S. The van der Waals surface area contributed by atoms with Crippen molar-refractivity contribution in [2.24, 2.45) is 4.99 Å². The van der Waals surface area contributed by atoms with Crippen LogP contribution in [0.15, 0.2) is 113 Å². The Hall–Kier alpha value is -3.90. The molecule has 0 radical (unpaired) electrons. The summed E-state index contributed by atoms with van der Waals surface area (Å²) in [6, 6.07) is 30.2. The van der Waals surface area contributed by atoms with E-state index in [2.05, 4.69) is 4.99 Å². The van der Waals surface area contributed by atoms with E-state index in [1.807, 2.05) is 67.6 Å². The van der Waals surface area contributed by atoms with E-state index in [1.165, 1.54) is 12.1 Å². The van der Waals surface area contributed by atoms with Gasteiger partial charge >= 0.3 is 10.1 Å². The monoisotopic (exact) mass is 443 g/mol. The number of aliphatic imine (C=N–C) groups is 1. The standard InChI is InChI=1S/C26H21NO4S/c1-20-10-16-26(17-11-20)32(28,29)31-25-9-5-6-21(18-25)19-27-22-12-14-24(15-13-22)30-23-7-3-2-4-8-23/h2-19H,1H3. The lowest BCUT2D eigenvalue weighted by Crippen LogP contribution is -2.09. The highest BCUT2D eigenvalue weighted by Crippen LogP contribution is 2.24. The lowest BCUT2D eigenvalue weighted by molar-refractivity contribution is 0.482. The lowest BCUT2D eigenvalue weighted by atomic mass is 10.2. The van der Waals surface area contributed by atoms with Gasteiger partial charge in [0.15, 0.2) is 0 Å². The molecule has 0 saturated carbocycles. The maximum absolute atomic E-state index is 12.5. The highest BCUT2D eigenvalue weighted by Gasteiger charge is 2.16. The van der Waals surface area contributed by atoms with E-state index >= 15 is 0 Å². The molecule has 0 unspecified atom stereocenters. The van der Waals surface area contributed by atoms with Crippen molar-refractivity contribution in [2.75, 3.05) is 0 Å². The summed E-state index contributed by atoms with van der Waals surface area (Å²) in [7, 11) is -3.90. The van der Waals surface area contributed by atoms with Crippen molar-refractivity contribution in [3.05, 3.63) is 114 Å². The van der Waals surface area contributed by atoms with Gasteiger partial charge in [-0.25, -0.2) is 0 Å². The zero-order valence-electron chi connectivity index (χ0n) is 17.4. The lowest BCUT2D eigenvalue weighted by Gasteiger charge is -2.08. The normalized spacial score (nSPS) is 11.4. The van der Waals surface area contributed by atoms with Crippen LogP contribution in [0.4, 0.5) is 5.69 Å². The molecule has 0 atom stereocenters. The van der Waals surface area contributed by atoms with Crippen molar-refractivity contribution in [2.45, 2.75) is 11.8 Å². The van der Waals surface area contributed by atoms with Crippen molar-refractivity contribution in [1.82, 2.24) is 0 Å². The predicted molar refractivity (Wildman–Crippen MR) is 126 cm³/mol. The molecule has 0 fully saturated rings. The minimum atomic E-state index is -3.90. The first-order valence-electron chi connectivity index (χ1n) is 9.96. The molecule has 4 rings (SSSR count). The van der Waals surface area contributed by atoms with Crippen LogP contribution in [0.5, 0.6) is 17.2 Å². The Morgan fingerprint density at radius 3 is 2.09 bits per heavy atom. The highest BCUT2D eigenvalue weighted by molar-refractivity contribution is 7.87. The van der Waals surface area contributed by atoms with Gasteiger partial charge in [0.25, 0.3) is 0 Å². The van der Waals surface area contributed by atoms with Gasteiger partial charge in [0, 0.05) is 6.21 Å². The third kappa shape index (κ3) is 5.62. The van der Waals surface area contributed by atoms with Crippen molar-refractivity contribution in [3.8, 4) is 17.2 Å². The van der Waals surface area contributed by atoms with Crippen LogP contribution in [0.1, 0.15) is 11.1 Å². The van der Waals surface area contributed by atoms with E-state index in [1.54, 1.807) is 36.5 Å². The molecule has 4 aromatic rings. The van der Waals surface area contributed by atoms with Crippen molar-refractivity contribution in [3.63, 3.8) is 0 Å². The van der Waals surface area contributed by atoms with Crippen LogP contribution in [0.3, 0.4) is 0 Å². The summed E-state index contributed by atoms with van der Waals surface area (Å²) < 4.78 is 36.1. The molecule has 0 aliphatic carbocycles. The van der Waals surface area contributed by atoms with Gasteiger partial charge in [-0.15, -0.1) is 0 Å². The second-order valence-corrected chi connectivity index (χ2v) is 8.64. The predicted octanol–water partition coefficient (Wildman–Crippen LogP) is 6.31. The summed E-state index contributed by atoms with van der Waals surface area (Å²) in [6.45, 7) is 1.89. The molecule has 160 valence electrons. The Bertz CT molecular complexity index is 1310. The van der Waals surface area contributed by atoms with Gasteiger partial charge in [-0.2, -0.15) is 8.42 Å². The quantitative estimate of drug-likeness (QED) is 0.248. The number of ether oxygens (including phenoxy) is 1. The van der Waals surface area contributed by atoms with Crippen LogP contribution in [-0.2, 0) is 10.1 Å². The number of nitrogens with zero attached hydrogens (tertiary/aromatic N) is 1. The fourth-order valence-corrected chi connectivity index (χ4v) is 3.82. The molecule has 0 saturated heterocycles. The van der Waals surface area contributed by atoms with Crippen molar-refractivity contribution in [1.29, 1.82) is 0 Å². The first kappa shape index (κ1) is 21.3. The SMILES string of the molecule is Cc1ccc(S(=O)(=O)Oc2cccc(C=Nc3ccc(Oc4ccccc4)cc3)c2)cc1. The topological polar surface area (TPSA) is 65.0 Å². The molecule has 5 nitrogen and oxygen atoms in total. The summed E-state index contributed by atoms with van der Waals surface area (Å²) in [5, 5.41) is 0. The highest BCUT2D eigenvalue weighted by atomic mass is 32.2. The van der Waals surface area contributed by atoms with E-state index in [0.717, 1.165) is 17.0 Å². The molecule has 6 heteroatoms. The average molecular weight is 444 g/mol. The Morgan fingerprint density at radius 1 is 0.719 bits per heavy atom. The molecular weight excluding hydrogens is 422 g/mol. The van der Waals surface area contributed by atoms with Gasteiger partial charge in [-0.05, 0) is 73.2 Å². The minimum Gasteiger partial charge on any atom is -0.457 e. The van der Waals surface area contributed by atoms with Crippen LogP contribution in [-0.4, -0.2) is 14.6 Å². The van der Waals surface area contributed by atoms with E-state index in [4.69, 9.17) is 8.92 Å². The first-order valence-corrected chi connectivity index (χ1v) is 11.4. The molecule has 0 aliphatic heterocycles. The fourth-order valence-electron chi connectivity index (χ4n) is 2.90. The number of hydrogen-bond acceptors (Lipinski definition) is 5. The molecule has 0 spiro atoms. The number of para-hydroxylation sites is 1. The van der Waals surface area contributed by atoms with Gasteiger partial charge < -0.3 is 8.92 Å². The summed E-state index contributed by atoms with van der Waals surface area (Å²) >= 11 is 0. The van der Waals surface area contributed by atoms with Gasteiger partial charge in [0.1, 0.15) is 22.1 Å². The maximum Gasteiger partial charge on any atom is 0.339 e. The third-order valence-electron chi connectivity index (χ3n) is 4.55. The van der Waals surface area contributed by atoms with Crippen LogP contribution in [0.25, 0.3) is 0 Å².